The molecule has 1 heterocycles. The number of rotatable bonds is 2. The van der Waals surface area contributed by atoms with Crippen LogP contribution in [0.3, 0.4) is 0 Å². The third-order valence-corrected chi connectivity index (χ3v) is 2.79. The zero-order valence-electron chi connectivity index (χ0n) is 8.70. The molecule has 4 heteroatoms. The molecule has 0 unspecified atom stereocenters. The van der Waals surface area contributed by atoms with Crippen molar-refractivity contribution in [2.75, 3.05) is 5.32 Å². The molecule has 0 bridgehead atoms. The molecule has 0 aromatic carbocycles. The molecule has 0 atom stereocenters. The summed E-state index contributed by atoms with van der Waals surface area (Å²) in [6.07, 6.45) is 3.64. The summed E-state index contributed by atoms with van der Waals surface area (Å²) < 4.78 is 0. The Morgan fingerprint density at radius 1 is 1.60 bits per heavy atom. The van der Waals surface area contributed by atoms with Gasteiger partial charge in [0.15, 0.2) is 0 Å². The summed E-state index contributed by atoms with van der Waals surface area (Å²) in [5.41, 5.74) is 7.29. The first kappa shape index (κ1) is 9.94. The van der Waals surface area contributed by atoms with Crippen LogP contribution in [0.4, 0.5) is 5.82 Å². The zero-order valence-corrected chi connectivity index (χ0v) is 8.70. The molecule has 2 rings (SSSR count). The van der Waals surface area contributed by atoms with Crippen molar-refractivity contribution in [3.63, 3.8) is 0 Å². The maximum atomic E-state index is 9.00. The van der Waals surface area contributed by atoms with Crippen LogP contribution in [0.15, 0.2) is 12.3 Å². The number of nitriles is 1. The smallest absolute Gasteiger partial charge is 0.144 e. The fourth-order valence-corrected chi connectivity index (χ4v) is 1.78. The Balaban J connectivity index is 2.15. The van der Waals surface area contributed by atoms with Gasteiger partial charge >= 0.3 is 0 Å². The topological polar surface area (TPSA) is 74.7 Å². The molecule has 15 heavy (non-hydrogen) atoms. The summed E-state index contributed by atoms with van der Waals surface area (Å²) in [7, 11) is 0. The zero-order chi connectivity index (χ0) is 10.8. The van der Waals surface area contributed by atoms with Gasteiger partial charge in [-0.1, -0.05) is 0 Å². The molecular weight excluding hydrogens is 188 g/mol. The van der Waals surface area contributed by atoms with E-state index in [0.29, 0.717) is 23.5 Å². The second kappa shape index (κ2) is 3.87. The van der Waals surface area contributed by atoms with E-state index in [-0.39, 0.29) is 0 Å². The maximum Gasteiger partial charge on any atom is 0.144 e. The lowest BCUT2D eigenvalue weighted by atomic mass is 9.87. The standard InChI is InChI=1S/C11H14N4/c1-7-2-3-14-11(10(7)6-12)15-9-4-8(13)5-9/h2-3,8-9H,4-5,13H2,1H3,(H,14,15). The predicted molar refractivity (Wildman–Crippen MR) is 58.3 cm³/mol. The maximum absolute atomic E-state index is 9.00. The fourth-order valence-electron chi connectivity index (χ4n) is 1.78. The quantitative estimate of drug-likeness (QED) is 0.754. The predicted octanol–water partition coefficient (Wildman–Crippen LogP) is 1.16. The van der Waals surface area contributed by atoms with Gasteiger partial charge in [-0.15, -0.1) is 0 Å². The Kier molecular flexibility index (Phi) is 2.57. The van der Waals surface area contributed by atoms with Gasteiger partial charge in [-0.05, 0) is 31.4 Å². The van der Waals surface area contributed by atoms with E-state index >= 15 is 0 Å². The number of aromatic nitrogens is 1. The lowest BCUT2D eigenvalue weighted by Crippen LogP contribution is -2.44. The van der Waals surface area contributed by atoms with E-state index in [1.54, 1.807) is 6.20 Å². The van der Waals surface area contributed by atoms with Crippen LogP contribution in [0.2, 0.25) is 0 Å². The number of pyridine rings is 1. The summed E-state index contributed by atoms with van der Waals surface area (Å²) in [6, 6.07) is 4.70. The monoisotopic (exact) mass is 202 g/mol. The van der Waals surface area contributed by atoms with Crippen LogP contribution in [-0.4, -0.2) is 17.1 Å². The number of nitrogens with zero attached hydrogens (tertiary/aromatic N) is 2. The molecule has 0 saturated heterocycles. The SMILES string of the molecule is Cc1ccnc(NC2CC(N)C2)c1C#N. The van der Waals surface area contributed by atoms with E-state index in [2.05, 4.69) is 16.4 Å². The second-order valence-corrected chi connectivity index (χ2v) is 4.04. The molecule has 0 amide bonds. The molecule has 1 aliphatic rings. The van der Waals surface area contributed by atoms with Crippen LogP contribution in [0, 0.1) is 18.3 Å². The van der Waals surface area contributed by atoms with E-state index in [1.807, 2.05) is 13.0 Å². The van der Waals surface area contributed by atoms with Gasteiger partial charge in [0, 0.05) is 18.3 Å². The Morgan fingerprint density at radius 3 is 2.93 bits per heavy atom. The highest BCUT2D eigenvalue weighted by Gasteiger charge is 2.26. The minimum atomic E-state index is 0.304. The van der Waals surface area contributed by atoms with Crippen molar-refractivity contribution >= 4 is 5.82 Å². The minimum Gasteiger partial charge on any atom is -0.366 e. The van der Waals surface area contributed by atoms with Gasteiger partial charge in [-0.25, -0.2) is 4.98 Å². The van der Waals surface area contributed by atoms with Crippen LogP contribution < -0.4 is 11.1 Å². The Labute approximate surface area is 89.1 Å². The van der Waals surface area contributed by atoms with E-state index in [4.69, 9.17) is 11.0 Å². The van der Waals surface area contributed by atoms with Crippen molar-refractivity contribution in [1.82, 2.24) is 4.98 Å². The van der Waals surface area contributed by atoms with Gasteiger partial charge in [0.1, 0.15) is 11.9 Å². The van der Waals surface area contributed by atoms with Crippen molar-refractivity contribution in [1.29, 1.82) is 5.26 Å². The Morgan fingerprint density at radius 2 is 2.33 bits per heavy atom. The molecule has 0 radical (unpaired) electrons. The summed E-state index contributed by atoms with van der Waals surface area (Å²) in [6.45, 7) is 1.91. The number of anilines is 1. The third kappa shape index (κ3) is 1.92. The average Bonchev–Trinajstić information content (AvgIpc) is 2.16. The van der Waals surface area contributed by atoms with Crippen LogP contribution in [0.5, 0.6) is 0 Å². The van der Waals surface area contributed by atoms with Crippen molar-refractivity contribution in [3.8, 4) is 6.07 Å². The summed E-state index contributed by atoms with van der Waals surface area (Å²) >= 11 is 0. The van der Waals surface area contributed by atoms with E-state index in [1.165, 1.54) is 0 Å². The second-order valence-electron chi connectivity index (χ2n) is 4.04. The van der Waals surface area contributed by atoms with Gasteiger partial charge in [0.05, 0.1) is 5.56 Å². The molecule has 1 aliphatic carbocycles. The third-order valence-electron chi connectivity index (χ3n) is 2.79. The highest BCUT2D eigenvalue weighted by molar-refractivity contribution is 5.56. The van der Waals surface area contributed by atoms with Crippen LogP contribution in [0.25, 0.3) is 0 Å². The Hall–Kier alpha value is -1.60. The summed E-state index contributed by atoms with van der Waals surface area (Å²) in [5.74, 6) is 0.689. The fraction of sp³-hybridized carbons (Fsp3) is 0.455. The molecule has 78 valence electrons. The molecule has 1 aromatic heterocycles. The first-order chi connectivity index (χ1) is 7.20. The van der Waals surface area contributed by atoms with Crippen molar-refractivity contribution in [3.05, 3.63) is 23.4 Å². The minimum absolute atomic E-state index is 0.304. The molecule has 0 spiro atoms. The van der Waals surface area contributed by atoms with E-state index in [9.17, 15) is 0 Å². The molecule has 1 saturated carbocycles. The average molecular weight is 202 g/mol. The van der Waals surface area contributed by atoms with Gasteiger partial charge in [-0.3, -0.25) is 0 Å². The number of nitrogens with two attached hydrogens (primary N) is 1. The molecule has 0 aliphatic heterocycles. The van der Waals surface area contributed by atoms with Gasteiger partial charge in [0.25, 0.3) is 0 Å². The number of hydrogen-bond acceptors (Lipinski definition) is 4. The van der Waals surface area contributed by atoms with Crippen molar-refractivity contribution < 1.29 is 0 Å². The highest BCUT2D eigenvalue weighted by atomic mass is 15.0. The molecule has 1 aromatic rings. The summed E-state index contributed by atoms with van der Waals surface area (Å²) in [5, 5.41) is 12.3. The first-order valence-corrected chi connectivity index (χ1v) is 5.08. The number of hydrogen-bond donors (Lipinski definition) is 2. The Bertz CT molecular complexity index is 402. The molecule has 1 fully saturated rings. The lowest BCUT2D eigenvalue weighted by molar-refractivity contribution is 0.373. The highest BCUT2D eigenvalue weighted by Crippen LogP contribution is 2.24. The lowest BCUT2D eigenvalue weighted by Gasteiger charge is -2.33. The largest absolute Gasteiger partial charge is 0.366 e. The molecular formula is C11H14N4. The van der Waals surface area contributed by atoms with E-state index in [0.717, 1.165) is 18.4 Å². The van der Waals surface area contributed by atoms with Crippen molar-refractivity contribution in [2.24, 2.45) is 5.73 Å². The van der Waals surface area contributed by atoms with Crippen LogP contribution >= 0.6 is 0 Å². The summed E-state index contributed by atoms with van der Waals surface area (Å²) in [4.78, 5) is 4.18. The number of nitrogens with one attached hydrogen (secondary N) is 1. The van der Waals surface area contributed by atoms with Crippen molar-refractivity contribution in [2.45, 2.75) is 31.8 Å². The normalized spacial score (nSPS) is 24.1. The van der Waals surface area contributed by atoms with Gasteiger partial charge in [-0.2, -0.15) is 5.26 Å². The first-order valence-electron chi connectivity index (χ1n) is 5.08. The molecule has 4 nitrogen and oxygen atoms in total. The van der Waals surface area contributed by atoms with Gasteiger partial charge < -0.3 is 11.1 Å². The van der Waals surface area contributed by atoms with Crippen LogP contribution in [0.1, 0.15) is 24.0 Å². The van der Waals surface area contributed by atoms with Gasteiger partial charge in [0.2, 0.25) is 0 Å². The van der Waals surface area contributed by atoms with E-state index < -0.39 is 0 Å². The molecule has 3 N–H and O–H groups in total. The number of aryl methyl sites for hydroxylation is 1. The van der Waals surface area contributed by atoms with Crippen LogP contribution in [-0.2, 0) is 0 Å².